The molecule has 0 amide bonds. The summed E-state index contributed by atoms with van der Waals surface area (Å²) < 4.78 is 4.77. The Morgan fingerprint density at radius 2 is 2.31 bits per heavy atom. The number of carbonyl (C=O) groups is 1. The van der Waals surface area contributed by atoms with Crippen molar-refractivity contribution in [2.75, 3.05) is 7.11 Å². The predicted octanol–water partition coefficient (Wildman–Crippen LogP) is -0.105. The molecule has 0 saturated carbocycles. The number of aliphatic hydroxyl groups is 2. The smallest absolute Gasteiger partial charge is 0.320 e. The van der Waals surface area contributed by atoms with Crippen LogP contribution >= 0.6 is 0 Å². The Balaban J connectivity index is 2.75. The third-order valence-electron chi connectivity index (χ3n) is 2.48. The lowest BCUT2D eigenvalue weighted by Crippen LogP contribution is -2.37. The van der Waals surface area contributed by atoms with Crippen LogP contribution in [0.5, 0.6) is 0 Å². The summed E-state index contributed by atoms with van der Waals surface area (Å²) in [5.74, 6) is -3.19. The van der Waals surface area contributed by atoms with Crippen LogP contribution in [0.2, 0.25) is 0 Å². The van der Waals surface area contributed by atoms with E-state index in [2.05, 4.69) is 0 Å². The normalized spacial score (nSPS) is 26.9. The minimum Gasteiger partial charge on any atom is -0.507 e. The zero-order chi connectivity index (χ0) is 12.3. The average molecular weight is 229 g/mol. The summed E-state index contributed by atoms with van der Waals surface area (Å²) in [6, 6.07) is -1.03. The highest BCUT2D eigenvalue weighted by Crippen LogP contribution is 2.30. The van der Waals surface area contributed by atoms with Gasteiger partial charge in [0.15, 0.2) is 5.76 Å². The maximum atomic E-state index is 10.6. The molecule has 0 aliphatic heterocycles. The van der Waals surface area contributed by atoms with E-state index >= 15 is 0 Å². The number of aliphatic hydroxyl groups excluding tert-OH is 1. The molecule has 0 heterocycles. The van der Waals surface area contributed by atoms with Crippen LogP contribution in [0.25, 0.3) is 0 Å². The topological polar surface area (TPSA) is 113 Å². The number of aliphatic carboxylic acids is 1. The molecule has 0 radical (unpaired) electrons. The van der Waals surface area contributed by atoms with Gasteiger partial charge in [0, 0.05) is 13.5 Å². The molecular formula is C10H15NO5. The van der Waals surface area contributed by atoms with Crippen LogP contribution in [0.4, 0.5) is 0 Å². The second-order valence-electron chi connectivity index (χ2n) is 3.69. The Morgan fingerprint density at radius 1 is 1.69 bits per heavy atom. The van der Waals surface area contributed by atoms with E-state index in [0.717, 1.165) is 0 Å². The Kier molecular flexibility index (Phi) is 3.69. The SMILES string of the molecule is COC1(O)CC(CC(N)C(=O)O)=CC=C1O. The molecule has 16 heavy (non-hydrogen) atoms. The van der Waals surface area contributed by atoms with Crippen molar-refractivity contribution in [2.24, 2.45) is 5.73 Å². The zero-order valence-electron chi connectivity index (χ0n) is 8.88. The first-order valence-electron chi connectivity index (χ1n) is 4.74. The van der Waals surface area contributed by atoms with Gasteiger partial charge in [0.25, 0.3) is 0 Å². The number of hydrogen-bond donors (Lipinski definition) is 4. The summed E-state index contributed by atoms with van der Waals surface area (Å²) in [6.45, 7) is 0. The number of methoxy groups -OCH3 is 1. The first-order chi connectivity index (χ1) is 7.39. The van der Waals surface area contributed by atoms with Crippen molar-refractivity contribution in [2.45, 2.75) is 24.7 Å². The van der Waals surface area contributed by atoms with Gasteiger partial charge in [-0.2, -0.15) is 0 Å². The summed E-state index contributed by atoms with van der Waals surface area (Å²) in [5, 5.41) is 27.8. The van der Waals surface area contributed by atoms with Crippen molar-refractivity contribution in [1.82, 2.24) is 0 Å². The molecule has 1 rings (SSSR count). The van der Waals surface area contributed by atoms with Gasteiger partial charge in [0.2, 0.25) is 5.79 Å². The van der Waals surface area contributed by atoms with Gasteiger partial charge in [0.1, 0.15) is 6.04 Å². The quantitative estimate of drug-likeness (QED) is 0.500. The highest BCUT2D eigenvalue weighted by molar-refractivity contribution is 5.73. The van der Waals surface area contributed by atoms with Gasteiger partial charge in [0.05, 0.1) is 0 Å². The Bertz CT molecular complexity index is 349. The number of nitrogens with two attached hydrogens (primary N) is 1. The number of rotatable bonds is 4. The molecule has 5 N–H and O–H groups in total. The molecule has 0 aromatic rings. The molecule has 1 aliphatic carbocycles. The van der Waals surface area contributed by atoms with E-state index in [9.17, 15) is 15.0 Å². The van der Waals surface area contributed by atoms with Gasteiger partial charge in [-0.25, -0.2) is 0 Å². The minimum absolute atomic E-state index is 0.00676. The van der Waals surface area contributed by atoms with Crippen LogP contribution in [0.1, 0.15) is 12.8 Å². The fourth-order valence-electron chi connectivity index (χ4n) is 1.47. The Labute approximate surface area is 92.6 Å². The first kappa shape index (κ1) is 12.7. The van der Waals surface area contributed by atoms with Crippen molar-refractivity contribution in [3.05, 3.63) is 23.5 Å². The van der Waals surface area contributed by atoms with Gasteiger partial charge in [-0.3, -0.25) is 4.79 Å². The summed E-state index contributed by atoms with van der Waals surface area (Å²) in [5.41, 5.74) is 5.97. The van der Waals surface area contributed by atoms with E-state index in [1.54, 1.807) is 0 Å². The molecule has 0 saturated heterocycles. The van der Waals surface area contributed by atoms with Crippen molar-refractivity contribution in [3.63, 3.8) is 0 Å². The molecule has 0 spiro atoms. The predicted molar refractivity (Wildman–Crippen MR) is 55.6 cm³/mol. The minimum atomic E-state index is -1.78. The maximum Gasteiger partial charge on any atom is 0.320 e. The molecule has 2 unspecified atom stereocenters. The lowest BCUT2D eigenvalue weighted by atomic mass is 9.93. The fraction of sp³-hybridized carbons (Fsp3) is 0.500. The van der Waals surface area contributed by atoms with E-state index < -0.39 is 17.8 Å². The second kappa shape index (κ2) is 4.65. The van der Waals surface area contributed by atoms with Gasteiger partial charge in [-0.05, 0) is 12.5 Å². The molecule has 0 bridgehead atoms. The van der Waals surface area contributed by atoms with Crippen LogP contribution in [0.3, 0.4) is 0 Å². The van der Waals surface area contributed by atoms with E-state index in [1.807, 2.05) is 0 Å². The highest BCUT2D eigenvalue weighted by Gasteiger charge is 2.35. The van der Waals surface area contributed by atoms with Gasteiger partial charge >= 0.3 is 5.97 Å². The number of hydrogen-bond acceptors (Lipinski definition) is 5. The third kappa shape index (κ3) is 2.60. The molecule has 0 aromatic carbocycles. The number of ether oxygens (including phenoxy) is 1. The molecule has 0 fully saturated rings. The van der Waals surface area contributed by atoms with Crippen molar-refractivity contribution < 1.29 is 24.9 Å². The van der Waals surface area contributed by atoms with Gasteiger partial charge < -0.3 is 25.8 Å². The largest absolute Gasteiger partial charge is 0.507 e. The Morgan fingerprint density at radius 3 is 2.81 bits per heavy atom. The summed E-state index contributed by atoms with van der Waals surface area (Å²) >= 11 is 0. The third-order valence-corrected chi connectivity index (χ3v) is 2.48. The molecule has 6 heteroatoms. The van der Waals surface area contributed by atoms with Crippen molar-refractivity contribution >= 4 is 5.97 Å². The lowest BCUT2D eigenvalue weighted by molar-refractivity contribution is -0.176. The van der Waals surface area contributed by atoms with E-state index in [4.69, 9.17) is 15.6 Å². The fourth-order valence-corrected chi connectivity index (χ4v) is 1.47. The number of allylic oxidation sites excluding steroid dienone is 2. The van der Waals surface area contributed by atoms with E-state index in [0.29, 0.717) is 5.57 Å². The highest BCUT2D eigenvalue weighted by atomic mass is 16.6. The Hall–Kier alpha value is -1.37. The van der Waals surface area contributed by atoms with Crippen LogP contribution in [-0.2, 0) is 9.53 Å². The molecule has 0 aromatic heterocycles. The van der Waals surface area contributed by atoms with Crippen LogP contribution in [-0.4, -0.2) is 40.2 Å². The second-order valence-corrected chi connectivity index (χ2v) is 3.69. The first-order valence-corrected chi connectivity index (χ1v) is 4.74. The number of carboxylic acid groups (broad SMARTS) is 1. The summed E-state index contributed by atoms with van der Waals surface area (Å²) in [7, 11) is 1.25. The van der Waals surface area contributed by atoms with Gasteiger partial charge in [-0.15, -0.1) is 0 Å². The summed E-state index contributed by atoms with van der Waals surface area (Å²) in [4.78, 5) is 10.6. The monoisotopic (exact) mass is 229 g/mol. The summed E-state index contributed by atoms with van der Waals surface area (Å²) in [6.07, 6.45) is 2.92. The molecule has 90 valence electrons. The molecule has 6 nitrogen and oxygen atoms in total. The van der Waals surface area contributed by atoms with Crippen molar-refractivity contribution in [1.29, 1.82) is 0 Å². The van der Waals surface area contributed by atoms with Crippen molar-refractivity contribution in [3.8, 4) is 0 Å². The van der Waals surface area contributed by atoms with Crippen LogP contribution in [0, 0.1) is 0 Å². The lowest BCUT2D eigenvalue weighted by Gasteiger charge is -2.29. The standard InChI is InChI=1S/C10H15NO5/c1-16-10(15)5-6(2-3-8(10)12)4-7(11)9(13)14/h2-3,7,12,15H,4-5,11H2,1H3,(H,13,14). The van der Waals surface area contributed by atoms with E-state index in [-0.39, 0.29) is 18.6 Å². The van der Waals surface area contributed by atoms with Crippen LogP contribution in [0.15, 0.2) is 23.5 Å². The molecule has 2 atom stereocenters. The molecule has 1 aliphatic rings. The maximum absolute atomic E-state index is 10.6. The zero-order valence-corrected chi connectivity index (χ0v) is 8.88. The van der Waals surface area contributed by atoms with E-state index in [1.165, 1.54) is 19.3 Å². The number of carboxylic acids is 1. The molecular weight excluding hydrogens is 214 g/mol. The average Bonchev–Trinajstić information content (AvgIpc) is 2.23. The van der Waals surface area contributed by atoms with Crippen LogP contribution < -0.4 is 5.73 Å². The van der Waals surface area contributed by atoms with Gasteiger partial charge in [-0.1, -0.05) is 11.6 Å².